The molecule has 1 aromatic carbocycles. The molecular weight excluding hydrogens is 263 g/mol. The number of benzene rings is 1. The number of hydrogen-bond acceptors (Lipinski definition) is 1. The Bertz CT molecular complexity index is 485. The highest BCUT2D eigenvalue weighted by atomic mass is 19.2. The van der Waals surface area contributed by atoms with Gasteiger partial charge in [-0.3, -0.25) is 0 Å². The van der Waals surface area contributed by atoms with Crippen molar-refractivity contribution in [1.29, 1.82) is 0 Å². The normalized spacial score (nSPS) is 23.6. The molecule has 2 atom stereocenters. The van der Waals surface area contributed by atoms with Crippen molar-refractivity contribution in [3.63, 3.8) is 0 Å². The lowest BCUT2D eigenvalue weighted by Crippen LogP contribution is -2.38. The van der Waals surface area contributed by atoms with E-state index in [2.05, 4.69) is 19.2 Å². The van der Waals surface area contributed by atoms with Gasteiger partial charge in [0.25, 0.3) is 0 Å². The molecule has 112 valence electrons. The quantitative estimate of drug-likeness (QED) is 0.801. The van der Waals surface area contributed by atoms with Crippen LogP contribution in [0.25, 0.3) is 0 Å². The van der Waals surface area contributed by atoms with Crippen molar-refractivity contribution in [2.24, 2.45) is 11.3 Å². The van der Waals surface area contributed by atoms with Crippen LogP contribution in [-0.4, -0.2) is 7.05 Å². The molecule has 0 heterocycles. The summed E-state index contributed by atoms with van der Waals surface area (Å²) in [4.78, 5) is 0. The van der Waals surface area contributed by atoms with E-state index >= 15 is 0 Å². The standard InChI is InChI=1S/C16H22F3N/c1-16(2)9-5-4-6-11(16)15(20-3)10-7-8-12(17)14(19)13(10)18/h7-8,11,15,20H,4-6,9H2,1-3H3. The number of halogens is 3. The minimum Gasteiger partial charge on any atom is -0.313 e. The van der Waals surface area contributed by atoms with Crippen molar-refractivity contribution < 1.29 is 13.2 Å². The van der Waals surface area contributed by atoms with Gasteiger partial charge in [0.05, 0.1) is 0 Å². The molecule has 1 aromatic rings. The fourth-order valence-electron chi connectivity index (χ4n) is 3.49. The predicted octanol–water partition coefficient (Wildman–Crippen LogP) is 4.58. The van der Waals surface area contributed by atoms with Crippen molar-refractivity contribution in [2.45, 2.75) is 45.6 Å². The number of nitrogens with one attached hydrogen (secondary N) is 1. The summed E-state index contributed by atoms with van der Waals surface area (Å²) < 4.78 is 40.6. The SMILES string of the molecule is CNC(c1ccc(F)c(F)c1F)C1CCCCC1(C)C. The van der Waals surface area contributed by atoms with E-state index in [1.54, 1.807) is 7.05 Å². The Labute approximate surface area is 118 Å². The summed E-state index contributed by atoms with van der Waals surface area (Å²) in [5, 5.41) is 3.10. The van der Waals surface area contributed by atoms with Crippen molar-refractivity contribution in [2.75, 3.05) is 7.05 Å². The Hall–Kier alpha value is -1.03. The van der Waals surface area contributed by atoms with Crippen LogP contribution in [0.15, 0.2) is 12.1 Å². The van der Waals surface area contributed by atoms with Crippen LogP contribution in [0.2, 0.25) is 0 Å². The van der Waals surface area contributed by atoms with E-state index in [0.717, 1.165) is 25.3 Å². The van der Waals surface area contributed by atoms with E-state index in [1.165, 1.54) is 12.5 Å². The monoisotopic (exact) mass is 285 g/mol. The minimum atomic E-state index is -1.38. The maximum Gasteiger partial charge on any atom is 0.194 e. The molecule has 0 radical (unpaired) electrons. The Kier molecular flexibility index (Phi) is 4.43. The molecule has 2 rings (SSSR count). The summed E-state index contributed by atoms with van der Waals surface area (Å²) in [7, 11) is 1.75. The summed E-state index contributed by atoms with van der Waals surface area (Å²) in [6.45, 7) is 4.33. The highest BCUT2D eigenvalue weighted by molar-refractivity contribution is 5.25. The zero-order valence-corrected chi connectivity index (χ0v) is 12.3. The zero-order valence-electron chi connectivity index (χ0n) is 12.3. The third-order valence-corrected chi connectivity index (χ3v) is 4.70. The lowest BCUT2D eigenvalue weighted by Gasteiger charge is -2.43. The lowest BCUT2D eigenvalue weighted by molar-refractivity contribution is 0.0994. The molecule has 1 fully saturated rings. The first-order chi connectivity index (χ1) is 9.38. The molecule has 1 saturated carbocycles. The van der Waals surface area contributed by atoms with Gasteiger partial charge in [0.1, 0.15) is 0 Å². The van der Waals surface area contributed by atoms with E-state index < -0.39 is 17.5 Å². The Morgan fingerprint density at radius 2 is 1.85 bits per heavy atom. The molecule has 4 heteroatoms. The molecule has 0 aromatic heterocycles. The largest absolute Gasteiger partial charge is 0.313 e. The van der Waals surface area contributed by atoms with Gasteiger partial charge in [-0.1, -0.05) is 32.8 Å². The van der Waals surface area contributed by atoms with Crippen LogP contribution in [0.5, 0.6) is 0 Å². The van der Waals surface area contributed by atoms with Gasteiger partial charge in [0.15, 0.2) is 17.5 Å². The fraction of sp³-hybridized carbons (Fsp3) is 0.625. The van der Waals surface area contributed by atoms with Crippen LogP contribution in [0.3, 0.4) is 0 Å². The molecule has 1 nitrogen and oxygen atoms in total. The molecule has 1 N–H and O–H groups in total. The Morgan fingerprint density at radius 1 is 1.15 bits per heavy atom. The van der Waals surface area contributed by atoms with E-state index in [4.69, 9.17) is 0 Å². The minimum absolute atomic E-state index is 0.0588. The molecule has 1 aliphatic carbocycles. The van der Waals surface area contributed by atoms with E-state index in [1.807, 2.05) is 0 Å². The second kappa shape index (κ2) is 5.76. The van der Waals surface area contributed by atoms with Crippen LogP contribution in [0.1, 0.15) is 51.1 Å². The van der Waals surface area contributed by atoms with Crippen LogP contribution in [-0.2, 0) is 0 Å². The van der Waals surface area contributed by atoms with Gasteiger partial charge in [-0.25, -0.2) is 13.2 Å². The topological polar surface area (TPSA) is 12.0 Å². The summed E-state index contributed by atoms with van der Waals surface area (Å²) >= 11 is 0. The average Bonchev–Trinajstić information content (AvgIpc) is 2.40. The van der Waals surface area contributed by atoms with E-state index in [-0.39, 0.29) is 22.9 Å². The molecule has 0 amide bonds. The van der Waals surface area contributed by atoms with Crippen molar-refractivity contribution in [3.05, 3.63) is 35.1 Å². The Balaban J connectivity index is 2.40. The van der Waals surface area contributed by atoms with Crippen LogP contribution >= 0.6 is 0 Å². The lowest BCUT2D eigenvalue weighted by atomic mass is 9.65. The van der Waals surface area contributed by atoms with E-state index in [9.17, 15) is 13.2 Å². The average molecular weight is 285 g/mol. The van der Waals surface area contributed by atoms with Crippen LogP contribution in [0.4, 0.5) is 13.2 Å². The molecule has 20 heavy (non-hydrogen) atoms. The molecular formula is C16H22F3N. The van der Waals surface area contributed by atoms with Gasteiger partial charge >= 0.3 is 0 Å². The van der Waals surface area contributed by atoms with Crippen LogP contribution in [0, 0.1) is 28.8 Å². The molecule has 0 bridgehead atoms. The van der Waals surface area contributed by atoms with Crippen molar-refractivity contribution in [3.8, 4) is 0 Å². The van der Waals surface area contributed by atoms with Crippen molar-refractivity contribution >= 4 is 0 Å². The van der Waals surface area contributed by atoms with Crippen LogP contribution < -0.4 is 5.32 Å². The summed E-state index contributed by atoms with van der Waals surface area (Å²) in [6.07, 6.45) is 4.30. The summed E-state index contributed by atoms with van der Waals surface area (Å²) in [6, 6.07) is 2.08. The van der Waals surface area contributed by atoms with Gasteiger partial charge in [-0.05, 0) is 37.3 Å². The smallest absolute Gasteiger partial charge is 0.194 e. The second-order valence-electron chi connectivity index (χ2n) is 6.37. The second-order valence-corrected chi connectivity index (χ2v) is 6.37. The first kappa shape index (κ1) is 15.4. The Morgan fingerprint density at radius 3 is 2.45 bits per heavy atom. The van der Waals surface area contributed by atoms with Gasteiger partial charge in [-0.2, -0.15) is 0 Å². The molecule has 0 saturated heterocycles. The first-order valence-corrected chi connectivity index (χ1v) is 7.19. The highest BCUT2D eigenvalue weighted by Gasteiger charge is 2.38. The first-order valence-electron chi connectivity index (χ1n) is 7.19. The molecule has 0 spiro atoms. The van der Waals surface area contributed by atoms with Gasteiger partial charge < -0.3 is 5.32 Å². The van der Waals surface area contributed by atoms with Crippen molar-refractivity contribution in [1.82, 2.24) is 5.32 Å². The fourth-order valence-corrected chi connectivity index (χ4v) is 3.49. The van der Waals surface area contributed by atoms with Gasteiger partial charge in [-0.15, -0.1) is 0 Å². The third kappa shape index (κ3) is 2.71. The number of hydrogen-bond donors (Lipinski definition) is 1. The van der Waals surface area contributed by atoms with Gasteiger partial charge in [0.2, 0.25) is 0 Å². The maximum absolute atomic E-state index is 14.1. The predicted molar refractivity (Wildman–Crippen MR) is 73.9 cm³/mol. The maximum atomic E-state index is 14.1. The summed E-state index contributed by atoms with van der Waals surface area (Å²) in [5.74, 6) is -3.37. The highest BCUT2D eigenvalue weighted by Crippen LogP contribution is 2.47. The zero-order chi connectivity index (χ0) is 14.9. The molecule has 0 aliphatic heterocycles. The van der Waals surface area contributed by atoms with Gasteiger partial charge in [0, 0.05) is 11.6 Å². The third-order valence-electron chi connectivity index (χ3n) is 4.70. The number of rotatable bonds is 3. The van der Waals surface area contributed by atoms with E-state index in [0.29, 0.717) is 0 Å². The molecule has 1 aliphatic rings. The summed E-state index contributed by atoms with van der Waals surface area (Å²) in [5.41, 5.74) is 0.287. The molecule has 2 unspecified atom stereocenters.